The molecule has 1 amide bonds. The zero-order chi connectivity index (χ0) is 10.1. The van der Waals surface area contributed by atoms with Crippen LogP contribution in [0.15, 0.2) is 12.1 Å². The quantitative estimate of drug-likeness (QED) is 0.768. The molecule has 1 aliphatic heterocycles. The van der Waals surface area contributed by atoms with Crippen molar-refractivity contribution in [2.24, 2.45) is 0 Å². The highest BCUT2D eigenvalue weighted by atomic mass is 35.5. The molecule has 0 fully saturated rings. The van der Waals surface area contributed by atoms with Gasteiger partial charge >= 0.3 is 0 Å². The number of ether oxygens (including phenoxy) is 2. The molecule has 1 aliphatic rings. The average molecular weight is 214 g/mol. The van der Waals surface area contributed by atoms with Gasteiger partial charge in [-0.1, -0.05) is 11.6 Å². The van der Waals surface area contributed by atoms with Crippen molar-refractivity contribution in [3.05, 3.63) is 22.7 Å². The van der Waals surface area contributed by atoms with Crippen molar-refractivity contribution in [3.8, 4) is 11.5 Å². The van der Waals surface area contributed by atoms with E-state index in [0.717, 1.165) is 0 Å². The van der Waals surface area contributed by atoms with Gasteiger partial charge in [0, 0.05) is 11.1 Å². The smallest absolute Gasteiger partial charge is 0.257 e. The number of benzene rings is 1. The molecule has 1 N–H and O–H groups in total. The first-order valence-corrected chi connectivity index (χ1v) is 4.38. The largest absolute Gasteiger partial charge is 0.493 e. The summed E-state index contributed by atoms with van der Waals surface area (Å²) in [6.07, 6.45) is 0. The third-order valence-corrected chi connectivity index (χ3v) is 2.15. The Bertz CT molecular complexity index is 392. The van der Waals surface area contributed by atoms with Crippen LogP contribution in [0.2, 0.25) is 5.02 Å². The van der Waals surface area contributed by atoms with E-state index in [0.29, 0.717) is 22.1 Å². The summed E-state index contributed by atoms with van der Waals surface area (Å²) in [6.45, 7) is 0.157. The standard InChI is InChI=1S/C9H8ClNO3/c1-13-7-3-5(10)2-6-8(7)14-4-11-9(6)12/h2-3H,4H2,1H3,(H,11,12). The van der Waals surface area contributed by atoms with E-state index < -0.39 is 0 Å². The van der Waals surface area contributed by atoms with Crippen LogP contribution in [-0.4, -0.2) is 19.7 Å². The number of halogens is 1. The van der Waals surface area contributed by atoms with Gasteiger partial charge in [-0.05, 0) is 6.07 Å². The van der Waals surface area contributed by atoms with Gasteiger partial charge in [0.1, 0.15) is 0 Å². The molecular weight excluding hydrogens is 206 g/mol. The SMILES string of the molecule is COc1cc(Cl)cc2c1OCNC2=O. The van der Waals surface area contributed by atoms with Gasteiger partial charge in [0.15, 0.2) is 18.2 Å². The summed E-state index contributed by atoms with van der Waals surface area (Å²) in [6, 6.07) is 3.16. The predicted molar refractivity (Wildman–Crippen MR) is 51.0 cm³/mol. The molecule has 1 aromatic carbocycles. The van der Waals surface area contributed by atoms with Crippen LogP contribution in [-0.2, 0) is 0 Å². The average Bonchev–Trinajstić information content (AvgIpc) is 2.18. The normalized spacial score (nSPS) is 14.0. The van der Waals surface area contributed by atoms with Crippen LogP contribution in [0.4, 0.5) is 0 Å². The molecule has 0 saturated carbocycles. The third kappa shape index (κ3) is 1.37. The second-order valence-electron chi connectivity index (χ2n) is 2.78. The molecule has 0 aromatic heterocycles. The van der Waals surface area contributed by atoms with Gasteiger partial charge in [-0.15, -0.1) is 0 Å². The first-order chi connectivity index (χ1) is 6.72. The number of rotatable bonds is 1. The van der Waals surface area contributed by atoms with Crippen LogP contribution in [0.1, 0.15) is 10.4 Å². The molecular formula is C9H8ClNO3. The Hall–Kier alpha value is -1.42. The number of hydrogen-bond acceptors (Lipinski definition) is 3. The lowest BCUT2D eigenvalue weighted by molar-refractivity contribution is 0.0879. The highest BCUT2D eigenvalue weighted by Gasteiger charge is 2.22. The van der Waals surface area contributed by atoms with Gasteiger partial charge < -0.3 is 14.8 Å². The number of hydrogen-bond donors (Lipinski definition) is 1. The van der Waals surface area contributed by atoms with E-state index in [1.165, 1.54) is 7.11 Å². The number of nitrogens with one attached hydrogen (secondary N) is 1. The molecule has 1 heterocycles. The van der Waals surface area contributed by atoms with Crippen LogP contribution in [0.3, 0.4) is 0 Å². The minimum absolute atomic E-state index is 0.157. The Balaban J connectivity index is 2.60. The van der Waals surface area contributed by atoms with Gasteiger partial charge in [0.05, 0.1) is 12.7 Å². The van der Waals surface area contributed by atoms with Gasteiger partial charge in [0.25, 0.3) is 5.91 Å². The Kier molecular flexibility index (Phi) is 2.21. The molecule has 0 unspecified atom stereocenters. The maximum atomic E-state index is 11.4. The van der Waals surface area contributed by atoms with Crippen molar-refractivity contribution in [2.45, 2.75) is 0 Å². The van der Waals surface area contributed by atoms with Gasteiger partial charge in [-0.3, -0.25) is 4.79 Å². The Morgan fingerprint density at radius 3 is 3.07 bits per heavy atom. The van der Waals surface area contributed by atoms with E-state index in [1.54, 1.807) is 12.1 Å². The fourth-order valence-electron chi connectivity index (χ4n) is 1.31. The Morgan fingerprint density at radius 2 is 2.36 bits per heavy atom. The van der Waals surface area contributed by atoms with E-state index in [2.05, 4.69) is 5.32 Å². The molecule has 0 saturated heterocycles. The molecule has 0 spiro atoms. The fraction of sp³-hybridized carbons (Fsp3) is 0.222. The van der Waals surface area contributed by atoms with Crippen molar-refractivity contribution in [3.63, 3.8) is 0 Å². The molecule has 0 aliphatic carbocycles. The summed E-state index contributed by atoms with van der Waals surface area (Å²) >= 11 is 5.81. The van der Waals surface area contributed by atoms with Crippen LogP contribution < -0.4 is 14.8 Å². The Morgan fingerprint density at radius 1 is 1.57 bits per heavy atom. The van der Waals surface area contributed by atoms with E-state index >= 15 is 0 Å². The van der Waals surface area contributed by atoms with Crippen molar-refractivity contribution in [1.82, 2.24) is 5.32 Å². The first-order valence-electron chi connectivity index (χ1n) is 4.01. The Labute approximate surface area is 85.8 Å². The van der Waals surface area contributed by atoms with E-state index in [1.807, 2.05) is 0 Å². The highest BCUT2D eigenvalue weighted by Crippen LogP contribution is 2.35. The van der Waals surface area contributed by atoms with E-state index in [4.69, 9.17) is 21.1 Å². The van der Waals surface area contributed by atoms with E-state index in [9.17, 15) is 4.79 Å². The minimum atomic E-state index is -0.202. The third-order valence-electron chi connectivity index (χ3n) is 1.93. The molecule has 0 bridgehead atoms. The number of carbonyl (C=O) groups excluding carboxylic acids is 1. The minimum Gasteiger partial charge on any atom is -0.493 e. The second kappa shape index (κ2) is 3.38. The monoisotopic (exact) mass is 213 g/mol. The molecule has 5 heteroatoms. The topological polar surface area (TPSA) is 47.6 Å². The molecule has 1 aromatic rings. The summed E-state index contributed by atoms with van der Waals surface area (Å²) in [4.78, 5) is 11.4. The summed E-state index contributed by atoms with van der Waals surface area (Å²) in [5.74, 6) is 0.718. The fourth-order valence-corrected chi connectivity index (χ4v) is 1.52. The molecule has 0 atom stereocenters. The number of carbonyl (C=O) groups is 1. The van der Waals surface area contributed by atoms with Gasteiger partial charge in [0.2, 0.25) is 0 Å². The van der Waals surface area contributed by atoms with E-state index in [-0.39, 0.29) is 12.6 Å². The lowest BCUT2D eigenvalue weighted by Crippen LogP contribution is -2.33. The second-order valence-corrected chi connectivity index (χ2v) is 3.22. The summed E-state index contributed by atoms with van der Waals surface area (Å²) in [5.41, 5.74) is 0.403. The summed E-state index contributed by atoms with van der Waals surface area (Å²) < 4.78 is 10.3. The number of methoxy groups -OCH3 is 1. The van der Waals surface area contributed by atoms with Crippen molar-refractivity contribution >= 4 is 17.5 Å². The molecule has 4 nitrogen and oxygen atoms in total. The predicted octanol–water partition coefficient (Wildman–Crippen LogP) is 1.43. The highest BCUT2D eigenvalue weighted by molar-refractivity contribution is 6.31. The number of amides is 1. The number of fused-ring (bicyclic) bond motifs is 1. The molecule has 74 valence electrons. The molecule has 2 rings (SSSR count). The maximum Gasteiger partial charge on any atom is 0.257 e. The summed E-state index contributed by atoms with van der Waals surface area (Å²) in [7, 11) is 1.50. The zero-order valence-corrected chi connectivity index (χ0v) is 8.22. The lowest BCUT2D eigenvalue weighted by atomic mass is 10.1. The van der Waals surface area contributed by atoms with Crippen LogP contribution in [0.5, 0.6) is 11.5 Å². The molecule has 14 heavy (non-hydrogen) atoms. The first kappa shape index (κ1) is 9.15. The van der Waals surface area contributed by atoms with Crippen molar-refractivity contribution < 1.29 is 14.3 Å². The van der Waals surface area contributed by atoms with Crippen LogP contribution >= 0.6 is 11.6 Å². The summed E-state index contributed by atoms with van der Waals surface area (Å²) in [5, 5.41) is 2.99. The van der Waals surface area contributed by atoms with Crippen LogP contribution in [0, 0.1) is 0 Å². The lowest BCUT2D eigenvalue weighted by Gasteiger charge is -2.19. The van der Waals surface area contributed by atoms with Crippen LogP contribution in [0.25, 0.3) is 0 Å². The maximum absolute atomic E-state index is 11.4. The molecule has 0 radical (unpaired) electrons. The van der Waals surface area contributed by atoms with Crippen molar-refractivity contribution in [2.75, 3.05) is 13.8 Å². The van der Waals surface area contributed by atoms with Gasteiger partial charge in [-0.25, -0.2) is 0 Å². The zero-order valence-electron chi connectivity index (χ0n) is 7.46. The van der Waals surface area contributed by atoms with Crippen molar-refractivity contribution in [1.29, 1.82) is 0 Å². The van der Waals surface area contributed by atoms with Gasteiger partial charge in [-0.2, -0.15) is 0 Å².